The minimum Gasteiger partial charge on any atom is -0.508 e. The van der Waals surface area contributed by atoms with Crippen LogP contribution in [-0.4, -0.2) is 14.5 Å². The molecule has 0 saturated heterocycles. The van der Waals surface area contributed by atoms with Crippen LogP contribution in [0.4, 0.5) is 0 Å². The van der Waals surface area contributed by atoms with E-state index in [9.17, 15) is 5.11 Å². The summed E-state index contributed by atoms with van der Waals surface area (Å²) in [6, 6.07) is 7.54. The standard InChI is InChI=1S/C16H19N3OS/c1-10-9-21-16-18-12(3)15(19(10)16)8-17-11(2)13-5-4-6-14(20)7-13/h4-7,9,11,17,20H,8H2,1-3H3. The van der Waals surface area contributed by atoms with Crippen molar-refractivity contribution in [1.29, 1.82) is 0 Å². The lowest BCUT2D eigenvalue weighted by Crippen LogP contribution is -2.19. The lowest BCUT2D eigenvalue weighted by atomic mass is 10.1. The fourth-order valence-electron chi connectivity index (χ4n) is 2.54. The first-order chi connectivity index (χ1) is 10.1. The average molecular weight is 301 g/mol. The molecule has 5 heteroatoms. The summed E-state index contributed by atoms with van der Waals surface area (Å²) in [6.07, 6.45) is 0. The van der Waals surface area contributed by atoms with E-state index in [1.165, 1.54) is 11.4 Å². The second kappa shape index (κ2) is 5.50. The zero-order valence-electron chi connectivity index (χ0n) is 12.4. The summed E-state index contributed by atoms with van der Waals surface area (Å²) in [4.78, 5) is 5.65. The van der Waals surface area contributed by atoms with Crippen molar-refractivity contribution in [3.8, 4) is 5.75 Å². The minimum absolute atomic E-state index is 0.168. The predicted molar refractivity (Wildman–Crippen MR) is 85.9 cm³/mol. The molecule has 0 amide bonds. The highest BCUT2D eigenvalue weighted by molar-refractivity contribution is 7.15. The lowest BCUT2D eigenvalue weighted by molar-refractivity contribution is 0.472. The normalized spacial score (nSPS) is 12.9. The number of aryl methyl sites for hydroxylation is 2. The molecule has 0 spiro atoms. The molecule has 0 saturated carbocycles. The fourth-order valence-corrected chi connectivity index (χ4v) is 3.47. The number of nitrogens with zero attached hydrogens (tertiary/aromatic N) is 2. The summed E-state index contributed by atoms with van der Waals surface area (Å²) in [6.45, 7) is 7.01. The molecule has 0 fully saturated rings. The first kappa shape index (κ1) is 14.1. The molecule has 1 atom stereocenters. The number of phenols is 1. The number of benzene rings is 1. The van der Waals surface area contributed by atoms with Crippen LogP contribution in [0.1, 0.15) is 35.6 Å². The summed E-state index contributed by atoms with van der Waals surface area (Å²) < 4.78 is 2.21. The highest BCUT2D eigenvalue weighted by atomic mass is 32.1. The number of thiazole rings is 1. The average Bonchev–Trinajstić information content (AvgIpc) is 2.96. The first-order valence-electron chi connectivity index (χ1n) is 7.00. The molecule has 0 aliphatic rings. The molecule has 1 unspecified atom stereocenters. The number of fused-ring (bicyclic) bond motifs is 1. The third-order valence-corrected chi connectivity index (χ3v) is 4.72. The van der Waals surface area contributed by atoms with Gasteiger partial charge < -0.3 is 10.4 Å². The number of phenolic OH excluding ortho intramolecular Hbond substituents is 1. The van der Waals surface area contributed by atoms with E-state index in [0.717, 1.165) is 22.8 Å². The van der Waals surface area contributed by atoms with Crippen LogP contribution in [0.5, 0.6) is 5.75 Å². The van der Waals surface area contributed by atoms with Crippen LogP contribution in [0, 0.1) is 13.8 Å². The number of imidazole rings is 1. The van der Waals surface area contributed by atoms with E-state index in [1.54, 1.807) is 23.5 Å². The topological polar surface area (TPSA) is 49.6 Å². The number of aromatic hydroxyl groups is 1. The van der Waals surface area contributed by atoms with Gasteiger partial charge in [-0.15, -0.1) is 11.3 Å². The van der Waals surface area contributed by atoms with E-state index in [-0.39, 0.29) is 6.04 Å². The van der Waals surface area contributed by atoms with Crippen LogP contribution in [0.2, 0.25) is 0 Å². The zero-order valence-corrected chi connectivity index (χ0v) is 13.2. The molecule has 0 aliphatic heterocycles. The Balaban J connectivity index is 1.80. The Morgan fingerprint density at radius 1 is 1.38 bits per heavy atom. The third kappa shape index (κ3) is 2.66. The molecule has 1 aromatic carbocycles. The Kier molecular flexibility index (Phi) is 3.69. The first-order valence-corrected chi connectivity index (χ1v) is 7.88. The highest BCUT2D eigenvalue weighted by Crippen LogP contribution is 2.22. The van der Waals surface area contributed by atoms with Crippen LogP contribution in [-0.2, 0) is 6.54 Å². The summed E-state index contributed by atoms with van der Waals surface area (Å²) in [5.41, 5.74) is 4.57. The molecule has 3 aromatic rings. The van der Waals surface area contributed by atoms with Crippen molar-refractivity contribution in [1.82, 2.24) is 14.7 Å². The number of aromatic nitrogens is 2. The largest absolute Gasteiger partial charge is 0.508 e. The molecule has 21 heavy (non-hydrogen) atoms. The van der Waals surface area contributed by atoms with E-state index in [2.05, 4.69) is 40.9 Å². The van der Waals surface area contributed by atoms with Gasteiger partial charge in [0.15, 0.2) is 4.96 Å². The van der Waals surface area contributed by atoms with E-state index in [1.807, 2.05) is 12.1 Å². The predicted octanol–water partition coefficient (Wildman–Crippen LogP) is 3.57. The van der Waals surface area contributed by atoms with E-state index < -0.39 is 0 Å². The Labute approximate surface area is 128 Å². The number of hydrogen-bond donors (Lipinski definition) is 2. The third-order valence-electron chi connectivity index (χ3n) is 3.78. The lowest BCUT2D eigenvalue weighted by Gasteiger charge is -2.15. The molecule has 2 N–H and O–H groups in total. The van der Waals surface area contributed by atoms with Gasteiger partial charge in [0.2, 0.25) is 0 Å². The SMILES string of the molecule is Cc1nc2scc(C)n2c1CNC(C)c1cccc(O)c1. The van der Waals surface area contributed by atoms with Gasteiger partial charge in [-0.1, -0.05) is 12.1 Å². The molecule has 2 aromatic heterocycles. The summed E-state index contributed by atoms with van der Waals surface area (Å²) in [7, 11) is 0. The van der Waals surface area contributed by atoms with Crippen molar-refractivity contribution >= 4 is 16.3 Å². The second-order valence-electron chi connectivity index (χ2n) is 5.34. The molecular formula is C16H19N3OS. The van der Waals surface area contributed by atoms with Gasteiger partial charge in [-0.05, 0) is 38.5 Å². The van der Waals surface area contributed by atoms with Crippen molar-refractivity contribution in [3.05, 3.63) is 52.3 Å². The minimum atomic E-state index is 0.168. The van der Waals surface area contributed by atoms with Crippen LogP contribution in [0.15, 0.2) is 29.6 Å². The molecule has 110 valence electrons. The quantitative estimate of drug-likeness (QED) is 0.774. The van der Waals surface area contributed by atoms with Crippen molar-refractivity contribution < 1.29 is 5.11 Å². The van der Waals surface area contributed by atoms with E-state index in [4.69, 9.17) is 0 Å². The van der Waals surface area contributed by atoms with Gasteiger partial charge >= 0.3 is 0 Å². The van der Waals surface area contributed by atoms with Crippen molar-refractivity contribution in [3.63, 3.8) is 0 Å². The fraction of sp³-hybridized carbons (Fsp3) is 0.312. The second-order valence-corrected chi connectivity index (χ2v) is 6.17. The summed E-state index contributed by atoms with van der Waals surface area (Å²) in [5, 5.41) is 15.2. The smallest absolute Gasteiger partial charge is 0.194 e. The Morgan fingerprint density at radius 3 is 2.95 bits per heavy atom. The highest BCUT2D eigenvalue weighted by Gasteiger charge is 2.13. The number of hydrogen-bond acceptors (Lipinski definition) is 4. The molecule has 3 rings (SSSR count). The van der Waals surface area contributed by atoms with Crippen molar-refractivity contribution in [2.75, 3.05) is 0 Å². The van der Waals surface area contributed by atoms with Gasteiger partial charge in [0.05, 0.1) is 11.4 Å². The van der Waals surface area contributed by atoms with Gasteiger partial charge in [0.1, 0.15) is 5.75 Å². The summed E-state index contributed by atoms with van der Waals surface area (Å²) >= 11 is 1.67. The van der Waals surface area contributed by atoms with Gasteiger partial charge in [-0.2, -0.15) is 0 Å². The zero-order chi connectivity index (χ0) is 15.0. The van der Waals surface area contributed by atoms with Crippen LogP contribution in [0.25, 0.3) is 4.96 Å². The van der Waals surface area contributed by atoms with Crippen molar-refractivity contribution in [2.45, 2.75) is 33.4 Å². The molecule has 0 bridgehead atoms. The maximum atomic E-state index is 9.57. The Morgan fingerprint density at radius 2 is 2.19 bits per heavy atom. The van der Waals surface area contributed by atoms with Crippen LogP contribution in [0.3, 0.4) is 0 Å². The molecule has 2 heterocycles. The maximum Gasteiger partial charge on any atom is 0.194 e. The van der Waals surface area contributed by atoms with E-state index >= 15 is 0 Å². The Bertz CT molecular complexity index is 775. The maximum absolute atomic E-state index is 9.57. The van der Waals surface area contributed by atoms with Gasteiger partial charge in [-0.3, -0.25) is 4.40 Å². The van der Waals surface area contributed by atoms with E-state index in [0.29, 0.717) is 5.75 Å². The monoisotopic (exact) mass is 301 g/mol. The van der Waals surface area contributed by atoms with Gasteiger partial charge in [-0.25, -0.2) is 4.98 Å². The number of nitrogens with one attached hydrogen (secondary N) is 1. The molecule has 0 aliphatic carbocycles. The summed E-state index contributed by atoms with van der Waals surface area (Å²) in [5.74, 6) is 0.303. The van der Waals surface area contributed by atoms with Crippen molar-refractivity contribution in [2.24, 2.45) is 0 Å². The number of rotatable bonds is 4. The van der Waals surface area contributed by atoms with Crippen LogP contribution < -0.4 is 5.32 Å². The molecule has 0 radical (unpaired) electrons. The molecule has 4 nitrogen and oxygen atoms in total. The molecular weight excluding hydrogens is 282 g/mol. The Hall–Kier alpha value is -1.85. The van der Waals surface area contributed by atoms with Gasteiger partial charge in [0, 0.05) is 23.7 Å². The van der Waals surface area contributed by atoms with Gasteiger partial charge in [0.25, 0.3) is 0 Å². The van der Waals surface area contributed by atoms with Crippen LogP contribution >= 0.6 is 11.3 Å².